The van der Waals surface area contributed by atoms with Gasteiger partial charge in [0, 0.05) is 38.4 Å². The maximum Gasteiger partial charge on any atom is 0.355 e. The number of nitrogens with zero attached hydrogens (tertiary/aromatic N) is 5. The molecule has 3 aromatic rings. The minimum Gasteiger partial charge on any atom is -0.368 e. The molecule has 3 aromatic heterocycles. The highest BCUT2D eigenvalue weighted by atomic mass is 32.2. The third-order valence-electron chi connectivity index (χ3n) is 5.19. The predicted molar refractivity (Wildman–Crippen MR) is 116 cm³/mol. The molecule has 0 aliphatic heterocycles. The molecule has 0 amide bonds. The van der Waals surface area contributed by atoms with Gasteiger partial charge in [-0.3, -0.25) is 4.98 Å². The molecule has 0 unspecified atom stereocenters. The molecule has 0 bridgehead atoms. The molecule has 1 N–H and O–H groups in total. The van der Waals surface area contributed by atoms with Crippen molar-refractivity contribution in [3.63, 3.8) is 0 Å². The molecule has 1 aliphatic rings. The summed E-state index contributed by atoms with van der Waals surface area (Å²) in [4.78, 5) is 26.3. The first-order valence-electron chi connectivity index (χ1n) is 9.77. The van der Waals surface area contributed by atoms with E-state index in [-0.39, 0.29) is 12.3 Å². The third kappa shape index (κ3) is 3.92. The largest absolute Gasteiger partial charge is 0.368 e. The van der Waals surface area contributed by atoms with Gasteiger partial charge in [0.15, 0.2) is 5.65 Å². The quantitative estimate of drug-likeness (QED) is 0.609. The number of hydrogen-bond acceptors (Lipinski definition) is 7. The summed E-state index contributed by atoms with van der Waals surface area (Å²) < 4.78 is 26.7. The zero-order chi connectivity index (χ0) is 21.5. The second kappa shape index (κ2) is 7.77. The number of sulfonamides is 1. The van der Waals surface area contributed by atoms with Crippen LogP contribution in [-0.4, -0.2) is 58.6 Å². The van der Waals surface area contributed by atoms with Crippen molar-refractivity contribution in [3.05, 3.63) is 52.3 Å². The van der Waals surface area contributed by atoms with Crippen LogP contribution in [0.1, 0.15) is 30.1 Å². The molecule has 0 saturated heterocycles. The summed E-state index contributed by atoms with van der Waals surface area (Å²) in [6, 6.07) is 7.43. The molecule has 0 aromatic carbocycles. The van der Waals surface area contributed by atoms with Gasteiger partial charge in [0.25, 0.3) is 0 Å². The predicted octanol–water partition coefficient (Wildman–Crippen LogP) is 1.66. The van der Waals surface area contributed by atoms with E-state index < -0.39 is 15.7 Å². The maximum atomic E-state index is 13.0. The number of fused-ring (bicyclic) bond motifs is 1. The first kappa shape index (κ1) is 20.4. The highest BCUT2D eigenvalue weighted by Gasteiger charge is 2.26. The first-order valence-corrected chi connectivity index (χ1v) is 11.4. The van der Waals surface area contributed by atoms with Gasteiger partial charge in [0.05, 0.1) is 22.5 Å². The van der Waals surface area contributed by atoms with Gasteiger partial charge in [-0.05, 0) is 44.0 Å². The monoisotopic (exact) mass is 428 g/mol. The molecule has 158 valence electrons. The minimum absolute atomic E-state index is 0.110. The lowest BCUT2D eigenvalue weighted by molar-refractivity contribution is 0.521. The highest BCUT2D eigenvalue weighted by molar-refractivity contribution is 7.89. The summed E-state index contributed by atoms with van der Waals surface area (Å²) >= 11 is 0. The van der Waals surface area contributed by atoms with Crippen LogP contribution in [0.5, 0.6) is 0 Å². The number of anilines is 1. The zero-order valence-corrected chi connectivity index (χ0v) is 18.0. The summed E-state index contributed by atoms with van der Waals surface area (Å²) in [5, 5.41) is 3.67. The molecular weight excluding hydrogens is 404 g/mol. The van der Waals surface area contributed by atoms with Crippen LogP contribution >= 0.6 is 0 Å². The second-order valence-electron chi connectivity index (χ2n) is 7.59. The van der Waals surface area contributed by atoms with E-state index in [4.69, 9.17) is 4.98 Å². The van der Waals surface area contributed by atoms with Gasteiger partial charge >= 0.3 is 5.69 Å². The second-order valence-corrected chi connectivity index (χ2v) is 9.90. The standard InChI is InChI=1S/C20H24N6O3S/c1-13-17(5-4-10-21-13)26-19-15(8-9-16(23-19)14-6-7-14)18(24-20(26)27)22-11-12-30(28,29)25(2)3/h4-5,8-10,14H,6-7,11-12H2,1-3H3,(H,22,24,27). The van der Waals surface area contributed by atoms with Gasteiger partial charge in [-0.15, -0.1) is 0 Å². The van der Waals surface area contributed by atoms with E-state index in [1.54, 1.807) is 12.3 Å². The minimum atomic E-state index is -3.36. The number of aromatic nitrogens is 4. The number of nitrogens with one attached hydrogen (secondary N) is 1. The molecular formula is C20H24N6O3S. The molecule has 1 fully saturated rings. The molecule has 9 nitrogen and oxygen atoms in total. The van der Waals surface area contributed by atoms with Crippen LogP contribution in [0.3, 0.4) is 0 Å². The number of pyridine rings is 2. The van der Waals surface area contributed by atoms with E-state index >= 15 is 0 Å². The average molecular weight is 429 g/mol. The van der Waals surface area contributed by atoms with Gasteiger partial charge < -0.3 is 5.32 Å². The van der Waals surface area contributed by atoms with Crippen molar-refractivity contribution in [1.82, 2.24) is 23.8 Å². The van der Waals surface area contributed by atoms with Crippen molar-refractivity contribution in [2.45, 2.75) is 25.7 Å². The van der Waals surface area contributed by atoms with Gasteiger partial charge in [-0.2, -0.15) is 4.98 Å². The van der Waals surface area contributed by atoms with Crippen LogP contribution in [0.4, 0.5) is 5.82 Å². The number of aryl methyl sites for hydroxylation is 1. The lowest BCUT2D eigenvalue weighted by Crippen LogP contribution is -2.30. The SMILES string of the molecule is Cc1ncccc1-n1c(=O)nc(NCCS(=O)(=O)N(C)C)c2ccc(C3CC3)nc21. The molecule has 4 rings (SSSR count). The number of hydrogen-bond donors (Lipinski definition) is 1. The smallest absolute Gasteiger partial charge is 0.355 e. The number of rotatable bonds is 7. The molecule has 0 radical (unpaired) electrons. The van der Waals surface area contributed by atoms with Crippen molar-refractivity contribution in [1.29, 1.82) is 0 Å². The Morgan fingerprint density at radius 2 is 1.97 bits per heavy atom. The fourth-order valence-corrected chi connectivity index (χ4v) is 3.99. The third-order valence-corrected chi connectivity index (χ3v) is 7.02. The van der Waals surface area contributed by atoms with E-state index in [1.807, 2.05) is 25.1 Å². The maximum absolute atomic E-state index is 13.0. The summed E-state index contributed by atoms with van der Waals surface area (Å²) in [5.74, 6) is 0.640. The van der Waals surface area contributed by atoms with Gasteiger partial charge in [-0.25, -0.2) is 27.1 Å². The molecule has 3 heterocycles. The molecule has 30 heavy (non-hydrogen) atoms. The van der Waals surface area contributed by atoms with E-state index in [9.17, 15) is 13.2 Å². The van der Waals surface area contributed by atoms with Crippen molar-refractivity contribution in [2.75, 3.05) is 31.7 Å². The lowest BCUT2D eigenvalue weighted by Gasteiger charge is -2.16. The summed E-state index contributed by atoms with van der Waals surface area (Å²) in [5.41, 5.74) is 2.27. The Bertz CT molecular complexity index is 1270. The van der Waals surface area contributed by atoms with Crippen molar-refractivity contribution >= 4 is 26.9 Å². The fraction of sp³-hybridized carbons (Fsp3) is 0.400. The van der Waals surface area contributed by atoms with Crippen LogP contribution in [-0.2, 0) is 10.0 Å². The van der Waals surface area contributed by atoms with E-state index in [0.29, 0.717) is 34.2 Å². The normalized spacial score (nSPS) is 14.4. The summed E-state index contributed by atoms with van der Waals surface area (Å²) in [7, 11) is -0.383. The molecule has 1 aliphatic carbocycles. The van der Waals surface area contributed by atoms with Crippen LogP contribution in [0, 0.1) is 6.92 Å². The van der Waals surface area contributed by atoms with Crippen LogP contribution < -0.4 is 11.0 Å². The Balaban J connectivity index is 1.81. The van der Waals surface area contributed by atoms with Crippen LogP contribution in [0.25, 0.3) is 16.7 Å². The summed E-state index contributed by atoms with van der Waals surface area (Å²) in [6.45, 7) is 1.96. The Hall–Kier alpha value is -2.85. The topological polar surface area (TPSA) is 110 Å². The van der Waals surface area contributed by atoms with Crippen LogP contribution in [0.2, 0.25) is 0 Å². The Morgan fingerprint density at radius 3 is 2.63 bits per heavy atom. The van der Waals surface area contributed by atoms with Gasteiger partial charge in [-0.1, -0.05) is 0 Å². The van der Waals surface area contributed by atoms with E-state index in [1.165, 1.54) is 23.0 Å². The van der Waals surface area contributed by atoms with Crippen LogP contribution in [0.15, 0.2) is 35.3 Å². The zero-order valence-electron chi connectivity index (χ0n) is 17.2. The lowest BCUT2D eigenvalue weighted by atomic mass is 10.2. The van der Waals surface area contributed by atoms with E-state index in [2.05, 4.69) is 15.3 Å². The summed E-state index contributed by atoms with van der Waals surface area (Å²) in [6.07, 6.45) is 3.85. The molecule has 0 spiro atoms. The van der Waals surface area contributed by atoms with Gasteiger partial charge in [0.1, 0.15) is 5.82 Å². The van der Waals surface area contributed by atoms with Gasteiger partial charge in [0.2, 0.25) is 10.0 Å². The molecule has 1 saturated carbocycles. The molecule has 10 heteroatoms. The Morgan fingerprint density at radius 1 is 1.20 bits per heavy atom. The van der Waals surface area contributed by atoms with E-state index in [0.717, 1.165) is 18.5 Å². The Kier molecular flexibility index (Phi) is 5.29. The molecule has 0 atom stereocenters. The fourth-order valence-electron chi connectivity index (χ4n) is 3.27. The van der Waals surface area contributed by atoms with Crippen molar-refractivity contribution < 1.29 is 8.42 Å². The first-order chi connectivity index (χ1) is 14.3. The van der Waals surface area contributed by atoms with Crippen molar-refractivity contribution in [2.24, 2.45) is 0 Å². The Labute approximate surface area is 174 Å². The average Bonchev–Trinajstić information content (AvgIpc) is 3.54. The highest BCUT2D eigenvalue weighted by Crippen LogP contribution is 2.39. The van der Waals surface area contributed by atoms with Crippen molar-refractivity contribution in [3.8, 4) is 5.69 Å².